The molecule has 0 bridgehead atoms. The van der Waals surface area contributed by atoms with E-state index in [0.29, 0.717) is 31.3 Å². The van der Waals surface area contributed by atoms with Crippen molar-refractivity contribution in [3.63, 3.8) is 0 Å². The summed E-state index contributed by atoms with van der Waals surface area (Å²) in [6.07, 6.45) is 5.64. The summed E-state index contributed by atoms with van der Waals surface area (Å²) in [5.74, 6) is 0.489. The summed E-state index contributed by atoms with van der Waals surface area (Å²) < 4.78 is 1.06. The molecule has 138 valence electrons. The number of fused-ring (bicyclic) bond motifs is 1. The fourth-order valence-corrected chi connectivity index (χ4v) is 4.69. The summed E-state index contributed by atoms with van der Waals surface area (Å²) in [5.41, 5.74) is 0.899. The molecule has 0 unspecified atom stereocenters. The lowest BCUT2D eigenvalue weighted by atomic mass is 9.88. The molecule has 0 atom stereocenters. The topological polar surface area (TPSA) is 65.5 Å². The van der Waals surface area contributed by atoms with Crippen molar-refractivity contribution in [2.75, 3.05) is 31.5 Å². The average Bonchev–Trinajstić information content (AvgIpc) is 3.10. The quantitative estimate of drug-likeness (QED) is 0.877. The highest BCUT2D eigenvalue weighted by Gasteiger charge is 2.29. The maximum atomic E-state index is 12.6. The molecule has 2 aliphatic rings. The first-order valence-electron chi connectivity index (χ1n) is 9.41. The number of para-hydroxylation sites is 1. The van der Waals surface area contributed by atoms with Gasteiger partial charge in [0.15, 0.2) is 5.13 Å². The minimum Gasteiger partial charge on any atom is -0.339 e. The van der Waals surface area contributed by atoms with Crippen LogP contribution in [0.2, 0.25) is 0 Å². The number of carbonyl (C=O) groups excluding carboxylic acids is 2. The fraction of sp³-hybridized carbons (Fsp3) is 0.526. The van der Waals surface area contributed by atoms with Gasteiger partial charge in [-0.2, -0.15) is 0 Å². The third-order valence-corrected chi connectivity index (χ3v) is 6.29. The normalized spacial score (nSPS) is 18.9. The van der Waals surface area contributed by atoms with E-state index in [-0.39, 0.29) is 17.9 Å². The maximum absolute atomic E-state index is 12.6. The lowest BCUT2D eigenvalue weighted by Gasteiger charge is -2.37. The number of anilines is 1. The minimum atomic E-state index is -0.131. The number of rotatable bonds is 2. The minimum absolute atomic E-state index is 0.131. The molecule has 0 radical (unpaired) electrons. The Morgan fingerprint density at radius 3 is 2.42 bits per heavy atom. The summed E-state index contributed by atoms with van der Waals surface area (Å²) in [4.78, 5) is 33.3. The van der Waals surface area contributed by atoms with E-state index in [1.807, 2.05) is 29.2 Å². The van der Waals surface area contributed by atoms with E-state index < -0.39 is 0 Å². The molecule has 2 heterocycles. The Morgan fingerprint density at radius 1 is 1.00 bits per heavy atom. The third kappa shape index (κ3) is 3.67. The van der Waals surface area contributed by atoms with Crippen LogP contribution in [-0.2, 0) is 4.79 Å². The molecule has 1 saturated heterocycles. The predicted octanol–water partition coefficient (Wildman–Crippen LogP) is 3.55. The van der Waals surface area contributed by atoms with Crippen LogP contribution in [0.4, 0.5) is 9.93 Å². The SMILES string of the molecule is O=C(Nc1nc2ccccc2s1)N1CCN(C(=O)C2CCCCC2)CC1. The lowest BCUT2D eigenvalue weighted by molar-refractivity contribution is -0.138. The van der Waals surface area contributed by atoms with Crippen molar-refractivity contribution in [1.29, 1.82) is 0 Å². The highest BCUT2D eigenvalue weighted by atomic mass is 32.1. The zero-order valence-electron chi connectivity index (χ0n) is 14.8. The van der Waals surface area contributed by atoms with Gasteiger partial charge >= 0.3 is 6.03 Å². The molecule has 1 N–H and O–H groups in total. The lowest BCUT2D eigenvalue weighted by Crippen LogP contribution is -2.53. The Morgan fingerprint density at radius 2 is 1.69 bits per heavy atom. The Labute approximate surface area is 157 Å². The number of amides is 3. The highest BCUT2D eigenvalue weighted by Crippen LogP contribution is 2.27. The largest absolute Gasteiger partial charge is 0.339 e. The number of thiazole rings is 1. The molecule has 0 spiro atoms. The van der Waals surface area contributed by atoms with Gasteiger partial charge in [-0.15, -0.1) is 0 Å². The van der Waals surface area contributed by atoms with Crippen molar-refractivity contribution < 1.29 is 9.59 Å². The molecule has 1 aromatic heterocycles. The predicted molar refractivity (Wildman–Crippen MR) is 103 cm³/mol. The number of hydrogen-bond donors (Lipinski definition) is 1. The summed E-state index contributed by atoms with van der Waals surface area (Å²) in [6.45, 7) is 2.41. The molecule has 2 aromatic rings. The number of nitrogens with one attached hydrogen (secondary N) is 1. The van der Waals surface area contributed by atoms with Gasteiger partial charge in [-0.3, -0.25) is 10.1 Å². The molecular weight excluding hydrogens is 348 g/mol. The van der Waals surface area contributed by atoms with Crippen LogP contribution >= 0.6 is 11.3 Å². The third-order valence-electron chi connectivity index (χ3n) is 5.34. The van der Waals surface area contributed by atoms with Crippen LogP contribution in [0, 0.1) is 5.92 Å². The summed E-state index contributed by atoms with van der Waals surface area (Å²) >= 11 is 1.48. The van der Waals surface area contributed by atoms with Crippen LogP contribution in [0.3, 0.4) is 0 Å². The molecule has 3 amide bonds. The van der Waals surface area contributed by atoms with Gasteiger partial charge in [-0.05, 0) is 25.0 Å². The van der Waals surface area contributed by atoms with E-state index in [1.54, 1.807) is 4.90 Å². The van der Waals surface area contributed by atoms with Crippen molar-refractivity contribution in [2.24, 2.45) is 5.92 Å². The molecule has 1 saturated carbocycles. The van der Waals surface area contributed by atoms with Crippen LogP contribution in [0.25, 0.3) is 10.2 Å². The summed E-state index contributed by atoms with van der Waals surface area (Å²) in [6, 6.07) is 7.72. The molecular formula is C19H24N4O2S. The number of carbonyl (C=O) groups is 2. The van der Waals surface area contributed by atoms with E-state index in [4.69, 9.17) is 0 Å². The van der Waals surface area contributed by atoms with Crippen molar-refractivity contribution >= 4 is 38.6 Å². The standard InChI is InChI=1S/C19H24N4O2S/c24-17(14-6-2-1-3-7-14)22-10-12-23(13-11-22)19(25)21-18-20-15-8-4-5-9-16(15)26-18/h4-5,8-9,14H,1-3,6-7,10-13H2,(H,20,21,25). The van der Waals surface area contributed by atoms with E-state index in [1.165, 1.54) is 30.6 Å². The monoisotopic (exact) mass is 372 g/mol. The first-order valence-corrected chi connectivity index (χ1v) is 10.2. The Balaban J connectivity index is 1.31. The maximum Gasteiger partial charge on any atom is 0.323 e. The second-order valence-corrected chi connectivity index (χ2v) is 8.09. The van der Waals surface area contributed by atoms with Gasteiger partial charge in [0.25, 0.3) is 0 Å². The van der Waals surface area contributed by atoms with Crippen LogP contribution in [-0.4, -0.2) is 52.9 Å². The van der Waals surface area contributed by atoms with E-state index in [2.05, 4.69) is 10.3 Å². The van der Waals surface area contributed by atoms with E-state index >= 15 is 0 Å². The first kappa shape index (κ1) is 17.3. The van der Waals surface area contributed by atoms with Crippen molar-refractivity contribution in [3.05, 3.63) is 24.3 Å². The van der Waals surface area contributed by atoms with Crippen LogP contribution in [0.1, 0.15) is 32.1 Å². The Kier molecular flexibility index (Phi) is 5.06. The highest BCUT2D eigenvalue weighted by molar-refractivity contribution is 7.22. The molecule has 7 heteroatoms. The van der Waals surface area contributed by atoms with Crippen LogP contribution in [0.5, 0.6) is 0 Å². The number of piperazine rings is 1. The van der Waals surface area contributed by atoms with Crippen LogP contribution in [0.15, 0.2) is 24.3 Å². The number of hydrogen-bond acceptors (Lipinski definition) is 4. The molecule has 6 nitrogen and oxygen atoms in total. The molecule has 1 aliphatic carbocycles. The van der Waals surface area contributed by atoms with Crippen molar-refractivity contribution in [2.45, 2.75) is 32.1 Å². The molecule has 4 rings (SSSR count). The average molecular weight is 372 g/mol. The van der Waals surface area contributed by atoms with Gasteiger partial charge < -0.3 is 9.80 Å². The summed E-state index contributed by atoms with van der Waals surface area (Å²) in [7, 11) is 0. The number of nitrogens with zero attached hydrogens (tertiary/aromatic N) is 3. The van der Waals surface area contributed by atoms with Gasteiger partial charge in [0, 0.05) is 32.1 Å². The van der Waals surface area contributed by atoms with Crippen molar-refractivity contribution in [1.82, 2.24) is 14.8 Å². The van der Waals surface area contributed by atoms with Crippen LogP contribution < -0.4 is 5.32 Å². The molecule has 26 heavy (non-hydrogen) atoms. The number of urea groups is 1. The smallest absolute Gasteiger partial charge is 0.323 e. The van der Waals surface area contributed by atoms with Gasteiger partial charge in [-0.1, -0.05) is 42.7 Å². The first-order chi connectivity index (χ1) is 12.7. The zero-order chi connectivity index (χ0) is 17.9. The fourth-order valence-electron chi connectivity index (χ4n) is 3.83. The zero-order valence-corrected chi connectivity index (χ0v) is 15.6. The Hall–Kier alpha value is -2.15. The van der Waals surface area contributed by atoms with Crippen molar-refractivity contribution in [3.8, 4) is 0 Å². The molecule has 1 aromatic carbocycles. The number of benzene rings is 1. The summed E-state index contributed by atoms with van der Waals surface area (Å²) in [5, 5.41) is 3.52. The molecule has 1 aliphatic heterocycles. The van der Waals surface area contributed by atoms with E-state index in [9.17, 15) is 9.59 Å². The van der Waals surface area contributed by atoms with Gasteiger partial charge in [-0.25, -0.2) is 9.78 Å². The second kappa shape index (κ2) is 7.61. The van der Waals surface area contributed by atoms with E-state index in [0.717, 1.165) is 23.1 Å². The molecule has 2 fully saturated rings. The van der Waals surface area contributed by atoms with Gasteiger partial charge in [0.1, 0.15) is 0 Å². The Bertz CT molecular complexity index is 759. The van der Waals surface area contributed by atoms with Gasteiger partial charge in [0.05, 0.1) is 10.2 Å². The second-order valence-electron chi connectivity index (χ2n) is 7.06. The number of aromatic nitrogens is 1. The van der Waals surface area contributed by atoms with Gasteiger partial charge in [0.2, 0.25) is 5.91 Å².